The molecule has 0 saturated carbocycles. The molecule has 0 radical (unpaired) electrons. The topological polar surface area (TPSA) is 81.4 Å². The van der Waals surface area contributed by atoms with Crippen LogP contribution in [0.15, 0.2) is 41.3 Å². The molecule has 0 atom stereocenters. The van der Waals surface area contributed by atoms with Gasteiger partial charge in [-0.3, -0.25) is 4.72 Å². The van der Waals surface area contributed by atoms with E-state index in [0.29, 0.717) is 5.75 Å². The summed E-state index contributed by atoms with van der Waals surface area (Å²) in [6.45, 7) is 0. The Kier molecular flexibility index (Phi) is 4.51. The highest BCUT2D eigenvalue weighted by atomic mass is 35.5. The molecule has 0 amide bonds. The molecule has 0 aromatic heterocycles. The summed E-state index contributed by atoms with van der Waals surface area (Å²) in [6, 6.07) is 9.06. The van der Waals surface area contributed by atoms with E-state index in [0.717, 1.165) is 0 Å². The average Bonchev–Trinajstić information content (AvgIpc) is 2.40. The number of sulfonamides is 1. The van der Waals surface area contributed by atoms with Gasteiger partial charge in [-0.05, 0) is 24.3 Å². The molecule has 5 nitrogen and oxygen atoms in total. The van der Waals surface area contributed by atoms with E-state index in [1.165, 1.54) is 31.4 Å². The van der Waals surface area contributed by atoms with Crippen molar-refractivity contribution >= 4 is 44.6 Å². The number of methoxy groups -OCH3 is 1. The zero-order valence-electron chi connectivity index (χ0n) is 10.9. The van der Waals surface area contributed by atoms with Crippen molar-refractivity contribution in [2.45, 2.75) is 4.90 Å². The van der Waals surface area contributed by atoms with Crippen molar-refractivity contribution in [1.29, 1.82) is 0 Å². The van der Waals surface area contributed by atoms with Crippen LogP contribution < -0.4 is 15.2 Å². The van der Waals surface area contributed by atoms with Gasteiger partial charge in [0.2, 0.25) is 0 Å². The fraction of sp³-hybridized carbons (Fsp3) is 0.0769. The van der Waals surface area contributed by atoms with Gasteiger partial charge >= 0.3 is 0 Å². The number of anilines is 2. The van der Waals surface area contributed by atoms with E-state index < -0.39 is 10.0 Å². The first-order valence-corrected chi connectivity index (χ1v) is 7.99. The minimum atomic E-state index is -3.97. The number of rotatable bonds is 4. The monoisotopic (exact) mass is 346 g/mol. The van der Waals surface area contributed by atoms with Gasteiger partial charge in [0.1, 0.15) is 10.6 Å². The van der Waals surface area contributed by atoms with E-state index in [2.05, 4.69) is 4.72 Å². The second kappa shape index (κ2) is 6.01. The Hall–Kier alpha value is -1.63. The smallest absolute Gasteiger partial charge is 0.265 e. The molecular formula is C13H12Cl2N2O3S. The van der Waals surface area contributed by atoms with Gasteiger partial charge in [0.05, 0.1) is 28.5 Å². The SMILES string of the molecule is COc1ccc(Cl)c(NS(=O)(=O)c2c(N)cccc2Cl)c1. The summed E-state index contributed by atoms with van der Waals surface area (Å²) in [6.07, 6.45) is 0. The van der Waals surface area contributed by atoms with Gasteiger partial charge in [-0.15, -0.1) is 0 Å². The summed E-state index contributed by atoms with van der Waals surface area (Å²) in [4.78, 5) is -0.189. The van der Waals surface area contributed by atoms with Crippen LogP contribution in [0.3, 0.4) is 0 Å². The van der Waals surface area contributed by atoms with Crippen molar-refractivity contribution < 1.29 is 13.2 Å². The molecular weight excluding hydrogens is 335 g/mol. The Morgan fingerprint density at radius 1 is 1.14 bits per heavy atom. The number of hydrogen-bond donors (Lipinski definition) is 2. The highest BCUT2D eigenvalue weighted by molar-refractivity contribution is 7.93. The van der Waals surface area contributed by atoms with E-state index in [-0.39, 0.29) is 26.3 Å². The van der Waals surface area contributed by atoms with Crippen LogP contribution in [-0.2, 0) is 10.0 Å². The normalized spacial score (nSPS) is 11.2. The Morgan fingerprint density at radius 3 is 2.48 bits per heavy atom. The number of nitrogen functional groups attached to an aromatic ring is 1. The summed E-state index contributed by atoms with van der Waals surface area (Å²) in [5.41, 5.74) is 5.92. The highest BCUT2D eigenvalue weighted by Crippen LogP contribution is 2.32. The van der Waals surface area contributed by atoms with Crippen LogP contribution in [0.4, 0.5) is 11.4 Å². The number of nitrogens with one attached hydrogen (secondary N) is 1. The van der Waals surface area contributed by atoms with Gasteiger partial charge in [0.15, 0.2) is 0 Å². The summed E-state index contributed by atoms with van der Waals surface area (Å²) >= 11 is 11.9. The molecule has 0 bridgehead atoms. The van der Waals surface area contributed by atoms with Crippen molar-refractivity contribution in [2.24, 2.45) is 0 Å². The van der Waals surface area contributed by atoms with Crippen molar-refractivity contribution in [3.63, 3.8) is 0 Å². The van der Waals surface area contributed by atoms with Crippen LogP contribution in [0.25, 0.3) is 0 Å². The van der Waals surface area contributed by atoms with Gasteiger partial charge in [0, 0.05) is 6.07 Å². The first-order valence-electron chi connectivity index (χ1n) is 5.75. The number of halogens is 2. The number of ether oxygens (including phenoxy) is 1. The average molecular weight is 347 g/mol. The van der Waals surface area contributed by atoms with Gasteiger partial charge in [-0.2, -0.15) is 0 Å². The van der Waals surface area contributed by atoms with Crippen LogP contribution in [-0.4, -0.2) is 15.5 Å². The number of hydrogen-bond acceptors (Lipinski definition) is 4. The minimum absolute atomic E-state index is 0.0292. The molecule has 3 N–H and O–H groups in total. The third-order valence-corrected chi connectivity index (χ3v) is 4.92. The number of benzene rings is 2. The van der Waals surface area contributed by atoms with Crippen LogP contribution in [0, 0.1) is 0 Å². The second-order valence-corrected chi connectivity index (χ2v) is 6.54. The summed E-state index contributed by atoms with van der Waals surface area (Å²) < 4.78 is 32.2. The molecule has 0 saturated heterocycles. The standard InChI is InChI=1S/C13H12Cl2N2O3S/c1-20-8-5-6-9(14)12(7-8)17-21(18,19)13-10(15)3-2-4-11(13)16/h2-7,17H,16H2,1H3. The lowest BCUT2D eigenvalue weighted by Gasteiger charge is -2.13. The molecule has 0 fully saturated rings. The predicted molar refractivity (Wildman–Crippen MR) is 84.7 cm³/mol. The molecule has 0 spiro atoms. The zero-order valence-corrected chi connectivity index (χ0v) is 13.3. The molecule has 8 heteroatoms. The lowest BCUT2D eigenvalue weighted by molar-refractivity contribution is 0.415. The van der Waals surface area contributed by atoms with Gasteiger partial charge in [0.25, 0.3) is 10.0 Å². The summed E-state index contributed by atoms with van der Waals surface area (Å²) in [5, 5.41) is 0.256. The van der Waals surface area contributed by atoms with Crippen molar-refractivity contribution in [2.75, 3.05) is 17.6 Å². The second-order valence-electron chi connectivity index (χ2n) is 4.11. The first-order chi connectivity index (χ1) is 9.85. The summed E-state index contributed by atoms with van der Waals surface area (Å²) in [7, 11) is -2.50. The Morgan fingerprint density at radius 2 is 1.86 bits per heavy atom. The lowest BCUT2D eigenvalue weighted by Crippen LogP contribution is -2.15. The maximum atomic E-state index is 12.4. The van der Waals surface area contributed by atoms with Crippen LogP contribution >= 0.6 is 23.2 Å². The molecule has 0 aliphatic rings. The molecule has 0 aliphatic carbocycles. The third-order valence-electron chi connectivity index (χ3n) is 2.68. The molecule has 0 aliphatic heterocycles. The lowest BCUT2D eigenvalue weighted by atomic mass is 10.3. The highest BCUT2D eigenvalue weighted by Gasteiger charge is 2.22. The molecule has 112 valence electrons. The fourth-order valence-corrected chi connectivity index (χ4v) is 3.69. The molecule has 21 heavy (non-hydrogen) atoms. The molecule has 0 unspecified atom stereocenters. The van der Waals surface area contributed by atoms with Gasteiger partial charge < -0.3 is 10.5 Å². The zero-order chi connectivity index (χ0) is 15.6. The number of nitrogens with two attached hydrogens (primary N) is 1. The van der Waals surface area contributed by atoms with Crippen molar-refractivity contribution in [3.05, 3.63) is 46.4 Å². The minimum Gasteiger partial charge on any atom is -0.497 e. The van der Waals surface area contributed by atoms with Crippen molar-refractivity contribution in [3.8, 4) is 5.75 Å². The fourth-order valence-electron chi connectivity index (χ4n) is 1.71. The Balaban J connectivity index is 2.47. The maximum Gasteiger partial charge on any atom is 0.265 e. The van der Waals surface area contributed by atoms with Crippen LogP contribution in [0.1, 0.15) is 0 Å². The van der Waals surface area contributed by atoms with E-state index in [4.69, 9.17) is 33.7 Å². The van der Waals surface area contributed by atoms with Gasteiger partial charge in [-0.1, -0.05) is 29.3 Å². The van der Waals surface area contributed by atoms with E-state index in [1.807, 2.05) is 0 Å². The van der Waals surface area contributed by atoms with E-state index in [1.54, 1.807) is 12.1 Å². The van der Waals surface area contributed by atoms with Gasteiger partial charge in [-0.25, -0.2) is 8.42 Å². The van der Waals surface area contributed by atoms with E-state index >= 15 is 0 Å². The third kappa shape index (κ3) is 3.34. The maximum absolute atomic E-state index is 12.4. The molecule has 0 heterocycles. The largest absolute Gasteiger partial charge is 0.497 e. The summed E-state index contributed by atoms with van der Waals surface area (Å²) in [5.74, 6) is 0.462. The Bertz CT molecular complexity index is 759. The molecule has 2 aromatic carbocycles. The Labute approximate surface area is 132 Å². The van der Waals surface area contributed by atoms with Crippen LogP contribution in [0.5, 0.6) is 5.75 Å². The van der Waals surface area contributed by atoms with Crippen molar-refractivity contribution in [1.82, 2.24) is 0 Å². The first kappa shape index (κ1) is 15.8. The molecule has 2 rings (SSSR count). The quantitative estimate of drug-likeness (QED) is 0.831. The van der Waals surface area contributed by atoms with E-state index in [9.17, 15) is 8.42 Å². The predicted octanol–water partition coefficient (Wildman–Crippen LogP) is 3.39. The van der Waals surface area contributed by atoms with Crippen LogP contribution in [0.2, 0.25) is 10.0 Å². The molecule has 2 aromatic rings.